The highest BCUT2D eigenvalue weighted by Crippen LogP contribution is 2.13. The maximum absolute atomic E-state index is 12.3. The number of nitrogens with zero attached hydrogens (tertiary/aromatic N) is 4. The quantitative estimate of drug-likeness (QED) is 0.697. The maximum Gasteiger partial charge on any atom is 0.273 e. The Morgan fingerprint density at radius 2 is 2.04 bits per heavy atom. The number of amides is 1. The highest BCUT2D eigenvalue weighted by Gasteiger charge is 2.18. The minimum Gasteiger partial charge on any atom is -0.351 e. The van der Waals surface area contributed by atoms with E-state index in [9.17, 15) is 13.2 Å². The average molecular weight is 379 g/mol. The molecule has 142 valence electrons. The first kappa shape index (κ1) is 20.1. The van der Waals surface area contributed by atoms with E-state index < -0.39 is 10.0 Å². The number of carbonyl (C=O) groups is 1. The van der Waals surface area contributed by atoms with E-state index in [0.29, 0.717) is 31.7 Å². The molecule has 0 unspecified atom stereocenters. The van der Waals surface area contributed by atoms with Crippen molar-refractivity contribution in [2.45, 2.75) is 27.2 Å². The molecule has 2 aromatic rings. The van der Waals surface area contributed by atoms with Crippen LogP contribution in [0.2, 0.25) is 0 Å². The minimum atomic E-state index is -3.21. The van der Waals surface area contributed by atoms with Crippen molar-refractivity contribution in [1.82, 2.24) is 24.6 Å². The molecular formula is C17H25N5O3S. The van der Waals surface area contributed by atoms with Crippen LogP contribution in [0.3, 0.4) is 0 Å². The Labute approximate surface area is 154 Å². The van der Waals surface area contributed by atoms with E-state index in [1.807, 2.05) is 31.2 Å². The van der Waals surface area contributed by atoms with Crippen LogP contribution >= 0.6 is 0 Å². The highest BCUT2D eigenvalue weighted by atomic mass is 32.2. The van der Waals surface area contributed by atoms with Crippen LogP contribution in [0, 0.1) is 13.8 Å². The van der Waals surface area contributed by atoms with E-state index in [0.717, 1.165) is 11.3 Å². The van der Waals surface area contributed by atoms with E-state index in [-0.39, 0.29) is 11.6 Å². The minimum absolute atomic E-state index is 0.266. The summed E-state index contributed by atoms with van der Waals surface area (Å²) in [7, 11) is -3.21. The van der Waals surface area contributed by atoms with Crippen molar-refractivity contribution in [3.8, 4) is 5.69 Å². The first-order chi connectivity index (χ1) is 12.2. The summed E-state index contributed by atoms with van der Waals surface area (Å²) in [5, 5.41) is 10.8. The Hall–Kier alpha value is -2.26. The zero-order valence-corrected chi connectivity index (χ0v) is 16.4. The second kappa shape index (κ2) is 8.41. The predicted octanol–water partition coefficient (Wildman–Crippen LogP) is 1.29. The number of aromatic nitrogens is 3. The third-order valence-corrected chi connectivity index (χ3v) is 5.43. The van der Waals surface area contributed by atoms with E-state index in [1.165, 1.54) is 10.6 Å². The molecule has 0 saturated heterocycles. The first-order valence-electron chi connectivity index (χ1n) is 8.46. The Bertz CT molecular complexity index is 876. The maximum atomic E-state index is 12.3. The molecule has 1 heterocycles. The van der Waals surface area contributed by atoms with Gasteiger partial charge in [-0.25, -0.2) is 17.4 Å². The van der Waals surface area contributed by atoms with Gasteiger partial charge in [0.05, 0.1) is 17.6 Å². The van der Waals surface area contributed by atoms with Gasteiger partial charge in [0, 0.05) is 19.6 Å². The number of sulfonamides is 1. The average Bonchev–Trinajstić information content (AvgIpc) is 2.95. The molecule has 0 aliphatic carbocycles. The smallest absolute Gasteiger partial charge is 0.273 e. The lowest BCUT2D eigenvalue weighted by Gasteiger charge is -2.17. The lowest BCUT2D eigenvalue weighted by molar-refractivity contribution is 0.0947. The second-order valence-electron chi connectivity index (χ2n) is 6.14. The normalized spacial score (nSPS) is 11.7. The summed E-state index contributed by atoms with van der Waals surface area (Å²) in [5.74, 6) is -0.316. The summed E-state index contributed by atoms with van der Waals surface area (Å²) in [6.07, 6.45) is 1.71. The lowest BCUT2D eigenvalue weighted by atomic mass is 10.2. The molecule has 2 rings (SSSR count). The van der Waals surface area contributed by atoms with Gasteiger partial charge >= 0.3 is 0 Å². The van der Waals surface area contributed by atoms with Crippen LogP contribution in [-0.2, 0) is 10.0 Å². The number of carbonyl (C=O) groups excluding carboxylic acids is 1. The number of rotatable bonds is 8. The second-order valence-corrected chi connectivity index (χ2v) is 8.12. The van der Waals surface area contributed by atoms with Crippen molar-refractivity contribution >= 4 is 15.9 Å². The highest BCUT2D eigenvalue weighted by molar-refractivity contribution is 7.88. The van der Waals surface area contributed by atoms with Crippen molar-refractivity contribution in [3.05, 3.63) is 41.2 Å². The molecule has 0 aliphatic heterocycles. The lowest BCUT2D eigenvalue weighted by Crippen LogP contribution is -2.33. The summed E-state index contributed by atoms with van der Waals surface area (Å²) in [6, 6.07) is 7.78. The van der Waals surface area contributed by atoms with Gasteiger partial charge < -0.3 is 5.32 Å². The molecule has 1 aromatic heterocycles. The summed E-state index contributed by atoms with van der Waals surface area (Å²) < 4.78 is 26.1. The van der Waals surface area contributed by atoms with Crippen LogP contribution in [0.5, 0.6) is 0 Å². The fraction of sp³-hybridized carbons (Fsp3) is 0.471. The number of hydrogen-bond donors (Lipinski definition) is 1. The summed E-state index contributed by atoms with van der Waals surface area (Å²) in [4.78, 5) is 12.3. The Morgan fingerprint density at radius 3 is 2.65 bits per heavy atom. The van der Waals surface area contributed by atoms with Crippen LogP contribution in [-0.4, -0.2) is 59.5 Å². The van der Waals surface area contributed by atoms with Gasteiger partial charge in [-0.2, -0.15) is 0 Å². The Balaban J connectivity index is 1.97. The van der Waals surface area contributed by atoms with Crippen molar-refractivity contribution in [2.24, 2.45) is 0 Å². The van der Waals surface area contributed by atoms with Gasteiger partial charge in [0.25, 0.3) is 5.91 Å². The van der Waals surface area contributed by atoms with Crippen molar-refractivity contribution < 1.29 is 13.2 Å². The van der Waals surface area contributed by atoms with E-state index in [2.05, 4.69) is 15.6 Å². The summed E-state index contributed by atoms with van der Waals surface area (Å²) in [5.41, 5.74) is 2.86. The molecule has 0 atom stereocenters. The predicted molar refractivity (Wildman–Crippen MR) is 99.9 cm³/mol. The molecule has 0 saturated carbocycles. The topological polar surface area (TPSA) is 97.2 Å². The molecule has 1 amide bonds. The molecule has 8 nitrogen and oxygen atoms in total. The van der Waals surface area contributed by atoms with Crippen molar-refractivity contribution in [1.29, 1.82) is 0 Å². The molecule has 0 aliphatic rings. The molecule has 0 spiro atoms. The van der Waals surface area contributed by atoms with Gasteiger partial charge in [-0.15, -0.1) is 5.10 Å². The zero-order chi connectivity index (χ0) is 19.3. The number of hydrogen-bond acceptors (Lipinski definition) is 5. The third kappa shape index (κ3) is 4.89. The number of aryl methyl sites for hydroxylation is 1. The molecular weight excluding hydrogens is 354 g/mol. The van der Waals surface area contributed by atoms with Crippen LogP contribution in [0.25, 0.3) is 5.69 Å². The molecule has 9 heteroatoms. The largest absolute Gasteiger partial charge is 0.351 e. The van der Waals surface area contributed by atoms with Gasteiger partial charge in [-0.3, -0.25) is 4.79 Å². The molecule has 1 N–H and O–H groups in total. The standard InChI is InChI=1S/C17H25N5O3S/c1-5-21(26(4,24)25)11-7-10-18-17(23)16-14(3)22(20-19-16)15-9-6-8-13(2)12-15/h6,8-9,12H,5,7,10-11H2,1-4H3,(H,18,23). The summed E-state index contributed by atoms with van der Waals surface area (Å²) >= 11 is 0. The Morgan fingerprint density at radius 1 is 1.31 bits per heavy atom. The Kier molecular flexibility index (Phi) is 6.49. The third-order valence-electron chi connectivity index (χ3n) is 4.05. The summed E-state index contributed by atoms with van der Waals surface area (Å²) in [6.45, 7) is 6.70. The zero-order valence-electron chi connectivity index (χ0n) is 15.6. The van der Waals surface area contributed by atoms with E-state index in [1.54, 1.807) is 18.5 Å². The monoisotopic (exact) mass is 379 g/mol. The van der Waals surface area contributed by atoms with Crippen LogP contribution in [0.15, 0.2) is 24.3 Å². The van der Waals surface area contributed by atoms with Gasteiger partial charge in [-0.05, 0) is 38.0 Å². The first-order valence-corrected chi connectivity index (χ1v) is 10.3. The molecule has 0 radical (unpaired) electrons. The van der Waals surface area contributed by atoms with E-state index in [4.69, 9.17) is 0 Å². The molecule has 0 fully saturated rings. The molecule has 1 aromatic carbocycles. The van der Waals surface area contributed by atoms with E-state index >= 15 is 0 Å². The van der Waals surface area contributed by atoms with Crippen molar-refractivity contribution in [2.75, 3.05) is 25.9 Å². The van der Waals surface area contributed by atoms with Crippen LogP contribution in [0.4, 0.5) is 0 Å². The fourth-order valence-electron chi connectivity index (χ4n) is 2.64. The van der Waals surface area contributed by atoms with Gasteiger partial charge in [0.1, 0.15) is 0 Å². The fourth-order valence-corrected chi connectivity index (χ4v) is 3.57. The molecule has 0 bridgehead atoms. The van der Waals surface area contributed by atoms with Gasteiger partial charge in [0.2, 0.25) is 10.0 Å². The van der Waals surface area contributed by atoms with Gasteiger partial charge in [-0.1, -0.05) is 24.3 Å². The number of nitrogens with one attached hydrogen (secondary N) is 1. The van der Waals surface area contributed by atoms with Gasteiger partial charge in [0.15, 0.2) is 5.69 Å². The molecule has 26 heavy (non-hydrogen) atoms. The SMILES string of the molecule is CCN(CCCNC(=O)c1nnn(-c2cccc(C)c2)c1C)S(C)(=O)=O. The van der Waals surface area contributed by atoms with Crippen LogP contribution in [0.1, 0.15) is 35.1 Å². The number of benzene rings is 1. The van der Waals surface area contributed by atoms with Crippen LogP contribution < -0.4 is 5.32 Å². The van der Waals surface area contributed by atoms with Crippen molar-refractivity contribution in [3.63, 3.8) is 0 Å².